The first-order chi connectivity index (χ1) is 16.9. The first-order valence-corrected chi connectivity index (χ1v) is 12.5. The minimum Gasteiger partial charge on any atom is -0.491 e. The SMILES string of the molecule is Cc1ccc(C(C)C)c(OCCN2C(=O)S/C(=C\c3ccc(OCc4ccccc4)cc3)C2=O)c1. The molecular formula is C29H29NO4S. The van der Waals surface area contributed by atoms with Crippen molar-refractivity contribution >= 4 is 29.0 Å². The van der Waals surface area contributed by atoms with Crippen LogP contribution in [-0.2, 0) is 11.4 Å². The van der Waals surface area contributed by atoms with Crippen LogP contribution in [-0.4, -0.2) is 29.2 Å². The molecule has 3 aromatic rings. The summed E-state index contributed by atoms with van der Waals surface area (Å²) in [6, 6.07) is 23.6. The van der Waals surface area contributed by atoms with Gasteiger partial charge in [-0.1, -0.05) is 68.4 Å². The molecule has 0 radical (unpaired) electrons. The first-order valence-electron chi connectivity index (χ1n) is 11.7. The number of hydrogen-bond donors (Lipinski definition) is 0. The number of rotatable bonds is 9. The Morgan fingerprint density at radius 3 is 2.40 bits per heavy atom. The quantitative estimate of drug-likeness (QED) is 0.310. The number of amides is 2. The molecule has 0 bridgehead atoms. The van der Waals surface area contributed by atoms with E-state index in [1.54, 1.807) is 6.08 Å². The molecule has 1 saturated heterocycles. The molecule has 35 heavy (non-hydrogen) atoms. The van der Waals surface area contributed by atoms with Gasteiger partial charge in [-0.05, 0) is 71.1 Å². The van der Waals surface area contributed by atoms with E-state index >= 15 is 0 Å². The van der Waals surface area contributed by atoms with Crippen LogP contribution < -0.4 is 9.47 Å². The van der Waals surface area contributed by atoms with Crippen molar-refractivity contribution in [2.75, 3.05) is 13.2 Å². The maximum atomic E-state index is 12.9. The second-order valence-electron chi connectivity index (χ2n) is 8.72. The molecule has 0 unspecified atom stereocenters. The zero-order chi connectivity index (χ0) is 24.8. The fourth-order valence-corrected chi connectivity index (χ4v) is 4.60. The number of benzene rings is 3. The Kier molecular flexibility index (Phi) is 7.93. The zero-order valence-corrected chi connectivity index (χ0v) is 21.0. The van der Waals surface area contributed by atoms with E-state index in [1.165, 1.54) is 4.90 Å². The second-order valence-corrected chi connectivity index (χ2v) is 9.71. The van der Waals surface area contributed by atoms with Crippen LogP contribution in [0.1, 0.15) is 42.0 Å². The van der Waals surface area contributed by atoms with E-state index in [1.807, 2.05) is 67.6 Å². The summed E-state index contributed by atoms with van der Waals surface area (Å²) in [5.74, 6) is 1.58. The molecule has 6 heteroatoms. The van der Waals surface area contributed by atoms with Crippen LogP contribution >= 0.6 is 11.8 Å². The molecule has 0 spiro atoms. The largest absolute Gasteiger partial charge is 0.491 e. The van der Waals surface area contributed by atoms with Crippen molar-refractivity contribution in [2.24, 2.45) is 0 Å². The molecule has 1 aliphatic rings. The predicted octanol–water partition coefficient (Wildman–Crippen LogP) is 6.81. The highest BCUT2D eigenvalue weighted by atomic mass is 32.2. The van der Waals surface area contributed by atoms with E-state index in [0.717, 1.165) is 45.5 Å². The van der Waals surface area contributed by atoms with Crippen molar-refractivity contribution in [3.05, 3.63) is 100.0 Å². The molecule has 0 aromatic heterocycles. The molecule has 180 valence electrons. The van der Waals surface area contributed by atoms with Gasteiger partial charge >= 0.3 is 0 Å². The Bertz CT molecular complexity index is 1220. The summed E-state index contributed by atoms with van der Waals surface area (Å²) in [7, 11) is 0. The van der Waals surface area contributed by atoms with E-state index in [0.29, 0.717) is 17.4 Å². The number of thioether (sulfide) groups is 1. The number of aryl methyl sites for hydroxylation is 1. The first kappa shape index (κ1) is 24.6. The Morgan fingerprint density at radius 1 is 0.943 bits per heavy atom. The van der Waals surface area contributed by atoms with Crippen molar-refractivity contribution in [3.63, 3.8) is 0 Å². The second kappa shape index (κ2) is 11.3. The van der Waals surface area contributed by atoms with Gasteiger partial charge in [0.1, 0.15) is 24.7 Å². The average molecular weight is 488 g/mol. The molecule has 4 rings (SSSR count). The van der Waals surface area contributed by atoms with E-state index in [-0.39, 0.29) is 24.3 Å². The van der Waals surface area contributed by atoms with Crippen LogP contribution in [0.3, 0.4) is 0 Å². The van der Waals surface area contributed by atoms with Gasteiger partial charge in [0.2, 0.25) is 0 Å². The third kappa shape index (κ3) is 6.34. The number of carbonyl (C=O) groups excluding carboxylic acids is 2. The van der Waals surface area contributed by atoms with Crippen LogP contribution in [0.4, 0.5) is 4.79 Å². The summed E-state index contributed by atoms with van der Waals surface area (Å²) in [6.07, 6.45) is 1.74. The minimum atomic E-state index is -0.290. The normalized spacial score (nSPS) is 14.7. The lowest BCUT2D eigenvalue weighted by Crippen LogP contribution is -2.32. The van der Waals surface area contributed by atoms with Crippen molar-refractivity contribution in [3.8, 4) is 11.5 Å². The number of carbonyl (C=O) groups is 2. The number of hydrogen-bond acceptors (Lipinski definition) is 5. The van der Waals surface area contributed by atoms with Gasteiger partial charge in [0.25, 0.3) is 11.1 Å². The average Bonchev–Trinajstić information content (AvgIpc) is 3.11. The lowest BCUT2D eigenvalue weighted by molar-refractivity contribution is -0.123. The lowest BCUT2D eigenvalue weighted by Gasteiger charge is -2.17. The maximum absolute atomic E-state index is 12.9. The Labute approximate surface area is 210 Å². The summed E-state index contributed by atoms with van der Waals surface area (Å²) >= 11 is 0.957. The van der Waals surface area contributed by atoms with Gasteiger partial charge in [0.15, 0.2) is 0 Å². The molecular weight excluding hydrogens is 458 g/mol. The molecule has 2 amide bonds. The van der Waals surface area contributed by atoms with Crippen LogP contribution in [0, 0.1) is 6.92 Å². The molecule has 0 saturated carbocycles. The summed E-state index contributed by atoms with van der Waals surface area (Å²) < 4.78 is 11.8. The predicted molar refractivity (Wildman–Crippen MR) is 141 cm³/mol. The molecule has 1 aliphatic heterocycles. The van der Waals surface area contributed by atoms with Gasteiger partial charge in [0, 0.05) is 0 Å². The zero-order valence-electron chi connectivity index (χ0n) is 20.2. The lowest BCUT2D eigenvalue weighted by atomic mass is 10.0. The van der Waals surface area contributed by atoms with E-state index in [9.17, 15) is 9.59 Å². The van der Waals surface area contributed by atoms with E-state index in [4.69, 9.17) is 9.47 Å². The van der Waals surface area contributed by atoms with E-state index < -0.39 is 0 Å². The highest BCUT2D eigenvalue weighted by Gasteiger charge is 2.34. The van der Waals surface area contributed by atoms with Gasteiger partial charge in [-0.2, -0.15) is 0 Å². The molecule has 3 aromatic carbocycles. The molecule has 1 fully saturated rings. The molecule has 0 atom stereocenters. The third-order valence-corrected chi connectivity index (χ3v) is 6.57. The Hall–Kier alpha value is -3.51. The summed E-state index contributed by atoms with van der Waals surface area (Å²) in [5, 5.41) is -0.277. The Morgan fingerprint density at radius 2 is 1.69 bits per heavy atom. The summed E-state index contributed by atoms with van der Waals surface area (Å²) in [5.41, 5.74) is 4.15. The highest BCUT2D eigenvalue weighted by molar-refractivity contribution is 8.18. The maximum Gasteiger partial charge on any atom is 0.293 e. The fourth-order valence-electron chi connectivity index (χ4n) is 3.74. The minimum absolute atomic E-state index is 0.208. The summed E-state index contributed by atoms with van der Waals surface area (Å²) in [4.78, 5) is 27.0. The van der Waals surface area contributed by atoms with Gasteiger partial charge in [-0.25, -0.2) is 0 Å². The van der Waals surface area contributed by atoms with Gasteiger partial charge < -0.3 is 9.47 Å². The number of ether oxygens (including phenoxy) is 2. The number of nitrogens with zero attached hydrogens (tertiary/aromatic N) is 1. The van der Waals surface area contributed by atoms with Gasteiger partial charge in [-0.15, -0.1) is 0 Å². The van der Waals surface area contributed by atoms with Gasteiger partial charge in [-0.3, -0.25) is 14.5 Å². The fraction of sp³-hybridized carbons (Fsp3) is 0.241. The Balaban J connectivity index is 1.34. The van der Waals surface area contributed by atoms with Crippen LogP contribution in [0.25, 0.3) is 6.08 Å². The van der Waals surface area contributed by atoms with Crippen molar-refractivity contribution in [1.82, 2.24) is 4.90 Å². The van der Waals surface area contributed by atoms with Crippen LogP contribution in [0.15, 0.2) is 77.7 Å². The highest BCUT2D eigenvalue weighted by Crippen LogP contribution is 2.33. The molecule has 0 aliphatic carbocycles. The van der Waals surface area contributed by atoms with Crippen LogP contribution in [0.5, 0.6) is 11.5 Å². The monoisotopic (exact) mass is 487 g/mol. The third-order valence-electron chi connectivity index (χ3n) is 5.66. The van der Waals surface area contributed by atoms with Crippen molar-refractivity contribution in [2.45, 2.75) is 33.3 Å². The van der Waals surface area contributed by atoms with Crippen LogP contribution in [0.2, 0.25) is 0 Å². The van der Waals surface area contributed by atoms with Crippen molar-refractivity contribution in [1.29, 1.82) is 0 Å². The topological polar surface area (TPSA) is 55.8 Å². The standard InChI is InChI=1S/C29H29NO4S/c1-20(2)25-14-9-21(3)17-26(25)33-16-15-30-28(31)27(35-29(30)32)18-22-10-12-24(13-11-22)34-19-23-7-5-4-6-8-23/h4-14,17-18,20H,15-16,19H2,1-3H3/b27-18-. The van der Waals surface area contributed by atoms with Gasteiger partial charge in [0.05, 0.1) is 11.4 Å². The smallest absolute Gasteiger partial charge is 0.293 e. The van der Waals surface area contributed by atoms with Crippen molar-refractivity contribution < 1.29 is 19.1 Å². The molecule has 5 nitrogen and oxygen atoms in total. The molecule has 1 heterocycles. The summed E-state index contributed by atoms with van der Waals surface area (Å²) in [6.45, 7) is 7.19. The van der Waals surface area contributed by atoms with E-state index in [2.05, 4.69) is 26.0 Å². The number of imide groups is 1. The molecule has 0 N–H and O–H groups in total.